The number of aliphatic hydroxyl groups is 1. The largest absolute Gasteiger partial charge is 0.388 e. The van der Waals surface area contributed by atoms with Crippen molar-refractivity contribution in [2.75, 3.05) is 6.54 Å². The van der Waals surface area contributed by atoms with Crippen molar-refractivity contribution in [2.45, 2.75) is 63.0 Å². The normalized spacial score (nSPS) is 38.6. The second kappa shape index (κ2) is 5.87. The van der Waals surface area contributed by atoms with E-state index in [1.54, 1.807) is 0 Å². The van der Waals surface area contributed by atoms with Crippen molar-refractivity contribution in [1.82, 2.24) is 5.32 Å². The summed E-state index contributed by atoms with van der Waals surface area (Å²) >= 11 is 0. The Labute approximate surface area is 122 Å². The highest BCUT2D eigenvalue weighted by Crippen LogP contribution is 2.44. The molecule has 2 heteroatoms. The van der Waals surface area contributed by atoms with Gasteiger partial charge in [0.2, 0.25) is 0 Å². The minimum Gasteiger partial charge on any atom is -0.388 e. The van der Waals surface area contributed by atoms with Gasteiger partial charge in [-0.3, -0.25) is 0 Å². The highest BCUT2D eigenvalue weighted by molar-refractivity contribution is 5.25. The first kappa shape index (κ1) is 14.1. The predicted molar refractivity (Wildman–Crippen MR) is 82.8 cm³/mol. The lowest BCUT2D eigenvalue weighted by Gasteiger charge is -2.48. The fourth-order valence-corrected chi connectivity index (χ4v) is 4.23. The van der Waals surface area contributed by atoms with Crippen molar-refractivity contribution < 1.29 is 5.11 Å². The summed E-state index contributed by atoms with van der Waals surface area (Å²) in [6.07, 6.45) is 6.81. The van der Waals surface area contributed by atoms with Crippen molar-refractivity contribution >= 4 is 0 Å². The van der Waals surface area contributed by atoms with Crippen LogP contribution >= 0.6 is 0 Å². The molecule has 4 unspecified atom stereocenters. The zero-order valence-electron chi connectivity index (χ0n) is 12.5. The first-order valence-corrected chi connectivity index (χ1v) is 8.21. The van der Waals surface area contributed by atoms with Crippen LogP contribution in [0.4, 0.5) is 0 Å². The number of hydrogen-bond donors (Lipinski definition) is 2. The molecular weight excluding hydrogens is 246 g/mol. The average Bonchev–Trinajstić information content (AvgIpc) is 2.49. The zero-order chi connectivity index (χ0) is 14.0. The Morgan fingerprint density at radius 1 is 1.15 bits per heavy atom. The van der Waals surface area contributed by atoms with Gasteiger partial charge in [0.25, 0.3) is 0 Å². The molecular formula is C18H27NO. The van der Waals surface area contributed by atoms with Crippen molar-refractivity contribution in [3.8, 4) is 0 Å². The van der Waals surface area contributed by atoms with Gasteiger partial charge in [0, 0.05) is 12.0 Å². The smallest absolute Gasteiger partial charge is 0.0868 e. The molecule has 0 amide bonds. The van der Waals surface area contributed by atoms with Gasteiger partial charge >= 0.3 is 0 Å². The van der Waals surface area contributed by atoms with Gasteiger partial charge in [0.15, 0.2) is 0 Å². The number of hydrogen-bond acceptors (Lipinski definition) is 2. The molecule has 1 saturated carbocycles. The van der Waals surface area contributed by atoms with Crippen molar-refractivity contribution in [3.63, 3.8) is 0 Å². The fourth-order valence-electron chi connectivity index (χ4n) is 4.23. The zero-order valence-corrected chi connectivity index (χ0v) is 12.5. The van der Waals surface area contributed by atoms with Crippen LogP contribution in [-0.2, 0) is 0 Å². The van der Waals surface area contributed by atoms with E-state index in [1.807, 2.05) is 0 Å². The molecule has 2 N–H and O–H groups in total. The van der Waals surface area contributed by atoms with E-state index in [2.05, 4.69) is 42.6 Å². The summed E-state index contributed by atoms with van der Waals surface area (Å²) < 4.78 is 0. The molecule has 1 aromatic carbocycles. The maximum absolute atomic E-state index is 11.5. The minimum atomic E-state index is -0.561. The molecule has 1 aliphatic heterocycles. The highest BCUT2D eigenvalue weighted by Gasteiger charge is 2.46. The SMILES string of the molecule is CC1CCNC(C2(O)CCCCC2c2ccccc2)C1. The number of rotatable bonds is 2. The molecule has 4 atom stereocenters. The molecule has 2 aliphatic rings. The van der Waals surface area contributed by atoms with Crippen LogP contribution in [0.1, 0.15) is 56.9 Å². The maximum Gasteiger partial charge on any atom is 0.0868 e. The quantitative estimate of drug-likeness (QED) is 0.865. The average molecular weight is 273 g/mol. The lowest BCUT2D eigenvalue weighted by Crippen LogP contribution is -2.58. The maximum atomic E-state index is 11.5. The highest BCUT2D eigenvalue weighted by atomic mass is 16.3. The summed E-state index contributed by atoms with van der Waals surface area (Å²) in [5.41, 5.74) is 0.753. The van der Waals surface area contributed by atoms with Gasteiger partial charge in [0.05, 0.1) is 5.60 Å². The molecule has 0 aromatic heterocycles. The first-order chi connectivity index (χ1) is 9.70. The third kappa shape index (κ3) is 2.64. The van der Waals surface area contributed by atoms with E-state index < -0.39 is 5.60 Å². The van der Waals surface area contributed by atoms with E-state index in [9.17, 15) is 5.11 Å². The van der Waals surface area contributed by atoms with Crippen LogP contribution in [0.5, 0.6) is 0 Å². The van der Waals surface area contributed by atoms with Crippen LogP contribution in [0, 0.1) is 5.92 Å². The van der Waals surface area contributed by atoms with Gasteiger partial charge in [0.1, 0.15) is 0 Å². The summed E-state index contributed by atoms with van der Waals surface area (Å²) in [5, 5.41) is 15.1. The molecule has 1 saturated heterocycles. The van der Waals surface area contributed by atoms with Crippen LogP contribution < -0.4 is 5.32 Å². The van der Waals surface area contributed by atoms with Crippen molar-refractivity contribution in [2.24, 2.45) is 5.92 Å². The standard InChI is InChI=1S/C18H27NO/c1-14-10-12-19-17(13-14)18(20)11-6-5-9-16(18)15-7-3-2-4-8-15/h2-4,7-8,14,16-17,19-20H,5-6,9-13H2,1H3. The minimum absolute atomic E-state index is 0.261. The second-order valence-corrected chi connectivity index (χ2v) is 6.84. The molecule has 2 fully saturated rings. The van der Waals surface area contributed by atoms with E-state index >= 15 is 0 Å². The van der Waals surface area contributed by atoms with E-state index in [-0.39, 0.29) is 6.04 Å². The molecule has 0 bridgehead atoms. The van der Waals surface area contributed by atoms with Gasteiger partial charge in [-0.25, -0.2) is 0 Å². The molecule has 0 spiro atoms. The van der Waals surface area contributed by atoms with Crippen molar-refractivity contribution in [1.29, 1.82) is 0 Å². The van der Waals surface area contributed by atoms with E-state index in [1.165, 1.54) is 18.4 Å². The van der Waals surface area contributed by atoms with E-state index in [0.717, 1.165) is 38.1 Å². The van der Waals surface area contributed by atoms with Crippen LogP contribution in [0.3, 0.4) is 0 Å². The van der Waals surface area contributed by atoms with Crippen LogP contribution in [0.2, 0.25) is 0 Å². The van der Waals surface area contributed by atoms with Gasteiger partial charge in [-0.15, -0.1) is 0 Å². The Hall–Kier alpha value is -0.860. The number of piperidine rings is 1. The third-order valence-electron chi connectivity index (χ3n) is 5.39. The second-order valence-electron chi connectivity index (χ2n) is 6.84. The fraction of sp³-hybridized carbons (Fsp3) is 0.667. The topological polar surface area (TPSA) is 32.3 Å². The Morgan fingerprint density at radius 3 is 2.70 bits per heavy atom. The number of nitrogens with one attached hydrogen (secondary N) is 1. The predicted octanol–water partition coefficient (Wildman–Crippen LogP) is 3.46. The monoisotopic (exact) mass is 273 g/mol. The van der Waals surface area contributed by atoms with Crippen LogP contribution in [-0.4, -0.2) is 23.3 Å². The molecule has 1 heterocycles. The summed E-state index contributed by atoms with van der Waals surface area (Å²) in [5.74, 6) is 1.02. The van der Waals surface area contributed by atoms with Gasteiger partial charge in [-0.2, -0.15) is 0 Å². The molecule has 20 heavy (non-hydrogen) atoms. The Bertz CT molecular complexity index is 432. The van der Waals surface area contributed by atoms with Crippen LogP contribution in [0.25, 0.3) is 0 Å². The van der Waals surface area contributed by atoms with Gasteiger partial charge < -0.3 is 10.4 Å². The summed E-state index contributed by atoms with van der Waals surface area (Å²) in [6.45, 7) is 3.37. The summed E-state index contributed by atoms with van der Waals surface area (Å²) in [7, 11) is 0. The Balaban J connectivity index is 1.87. The lowest BCUT2D eigenvalue weighted by atomic mass is 9.66. The van der Waals surface area contributed by atoms with Crippen LogP contribution in [0.15, 0.2) is 30.3 Å². The first-order valence-electron chi connectivity index (χ1n) is 8.21. The molecule has 3 rings (SSSR count). The van der Waals surface area contributed by atoms with E-state index in [0.29, 0.717) is 5.92 Å². The van der Waals surface area contributed by atoms with Crippen molar-refractivity contribution in [3.05, 3.63) is 35.9 Å². The van der Waals surface area contributed by atoms with Gasteiger partial charge in [-0.05, 0) is 43.7 Å². The summed E-state index contributed by atoms with van der Waals surface area (Å²) in [4.78, 5) is 0. The molecule has 110 valence electrons. The Kier molecular flexibility index (Phi) is 4.13. The molecule has 1 aliphatic carbocycles. The lowest BCUT2D eigenvalue weighted by molar-refractivity contribution is -0.0604. The number of benzene rings is 1. The van der Waals surface area contributed by atoms with Gasteiger partial charge in [-0.1, -0.05) is 50.1 Å². The third-order valence-corrected chi connectivity index (χ3v) is 5.39. The summed E-state index contributed by atoms with van der Waals surface area (Å²) in [6, 6.07) is 10.9. The molecule has 1 aromatic rings. The molecule has 0 radical (unpaired) electrons. The Morgan fingerprint density at radius 2 is 1.95 bits per heavy atom. The molecule has 2 nitrogen and oxygen atoms in total. The van der Waals surface area contributed by atoms with E-state index in [4.69, 9.17) is 0 Å².